The molecule has 1 aromatic heterocycles. The van der Waals surface area contributed by atoms with E-state index in [9.17, 15) is 4.79 Å². The van der Waals surface area contributed by atoms with Gasteiger partial charge in [-0.15, -0.1) is 11.3 Å². The van der Waals surface area contributed by atoms with Crippen LogP contribution in [0.25, 0.3) is 0 Å². The maximum Gasteiger partial charge on any atom is 0.130 e. The number of hydrogen-bond donors (Lipinski definition) is 0. The summed E-state index contributed by atoms with van der Waals surface area (Å²) in [5, 5.41) is 2.02. The molecule has 0 fully saturated rings. The monoisotopic (exact) mass is 168 g/mol. The average molecular weight is 168 g/mol. The number of aldehydes is 1. The van der Waals surface area contributed by atoms with E-state index >= 15 is 0 Å². The van der Waals surface area contributed by atoms with Gasteiger partial charge in [0.05, 0.1) is 5.41 Å². The Bertz CT molecular complexity index is 260. The zero-order valence-electron chi connectivity index (χ0n) is 7.05. The van der Waals surface area contributed by atoms with Gasteiger partial charge in [0.25, 0.3) is 0 Å². The molecular weight excluding hydrogens is 156 g/mol. The van der Waals surface area contributed by atoms with Crippen LogP contribution in [0.1, 0.15) is 24.3 Å². The average Bonchev–Trinajstić information content (AvgIpc) is 2.36. The number of hydrogen-bond acceptors (Lipinski definition) is 2. The van der Waals surface area contributed by atoms with E-state index < -0.39 is 0 Å². The highest BCUT2D eigenvalue weighted by Crippen LogP contribution is 2.28. The van der Waals surface area contributed by atoms with E-state index in [1.165, 1.54) is 10.4 Å². The molecule has 2 heteroatoms. The van der Waals surface area contributed by atoms with Gasteiger partial charge >= 0.3 is 0 Å². The fraction of sp³-hybridized carbons (Fsp3) is 0.444. The molecule has 0 spiro atoms. The Kier molecular flexibility index (Phi) is 2.14. The zero-order valence-corrected chi connectivity index (χ0v) is 7.87. The summed E-state index contributed by atoms with van der Waals surface area (Å²) >= 11 is 1.65. The van der Waals surface area contributed by atoms with Crippen molar-refractivity contribution in [3.63, 3.8) is 0 Å². The molecule has 0 aromatic carbocycles. The molecule has 0 atom stereocenters. The van der Waals surface area contributed by atoms with Crippen molar-refractivity contribution in [2.24, 2.45) is 0 Å². The Morgan fingerprint density at radius 1 is 1.55 bits per heavy atom. The summed E-state index contributed by atoms with van der Waals surface area (Å²) in [6.45, 7) is 5.93. The molecule has 0 N–H and O–H groups in total. The minimum atomic E-state index is -0.307. The summed E-state index contributed by atoms with van der Waals surface area (Å²) in [7, 11) is 0. The van der Waals surface area contributed by atoms with E-state index in [2.05, 4.69) is 0 Å². The molecule has 0 bridgehead atoms. The third kappa shape index (κ3) is 1.51. The largest absolute Gasteiger partial charge is 0.302 e. The van der Waals surface area contributed by atoms with E-state index in [-0.39, 0.29) is 5.41 Å². The lowest BCUT2D eigenvalue weighted by Gasteiger charge is -2.15. The quantitative estimate of drug-likeness (QED) is 0.620. The molecule has 1 heterocycles. The second-order valence-electron chi connectivity index (χ2n) is 3.27. The Labute approximate surface area is 71.1 Å². The van der Waals surface area contributed by atoms with Crippen molar-refractivity contribution in [3.05, 3.63) is 21.9 Å². The minimum absolute atomic E-state index is 0.307. The number of thiophene rings is 1. The molecule has 60 valence electrons. The lowest BCUT2D eigenvalue weighted by atomic mass is 9.91. The predicted molar refractivity (Wildman–Crippen MR) is 48.1 cm³/mol. The van der Waals surface area contributed by atoms with Crippen LogP contribution in [0.4, 0.5) is 0 Å². The van der Waals surface area contributed by atoms with Gasteiger partial charge in [-0.3, -0.25) is 0 Å². The van der Waals surface area contributed by atoms with Crippen molar-refractivity contribution in [1.82, 2.24) is 0 Å². The Hall–Kier alpha value is -0.630. The SMILES string of the molecule is Cc1ccsc1C(C)(C)C=O. The van der Waals surface area contributed by atoms with Gasteiger partial charge in [-0.2, -0.15) is 0 Å². The fourth-order valence-electron chi connectivity index (χ4n) is 1.09. The van der Waals surface area contributed by atoms with Crippen LogP contribution in [0.15, 0.2) is 11.4 Å². The fourth-order valence-corrected chi connectivity index (χ4v) is 2.10. The summed E-state index contributed by atoms with van der Waals surface area (Å²) < 4.78 is 0. The van der Waals surface area contributed by atoms with E-state index in [4.69, 9.17) is 0 Å². The lowest BCUT2D eigenvalue weighted by molar-refractivity contribution is -0.111. The van der Waals surface area contributed by atoms with Crippen molar-refractivity contribution < 1.29 is 4.79 Å². The second-order valence-corrected chi connectivity index (χ2v) is 4.19. The summed E-state index contributed by atoms with van der Waals surface area (Å²) in [5.41, 5.74) is 0.908. The van der Waals surface area contributed by atoms with Crippen molar-refractivity contribution in [3.8, 4) is 0 Å². The van der Waals surface area contributed by atoms with Crippen LogP contribution < -0.4 is 0 Å². The third-order valence-corrected chi connectivity index (χ3v) is 3.10. The van der Waals surface area contributed by atoms with Gasteiger partial charge in [-0.05, 0) is 37.8 Å². The van der Waals surface area contributed by atoms with Crippen LogP contribution in [0.3, 0.4) is 0 Å². The van der Waals surface area contributed by atoms with Gasteiger partial charge in [0.15, 0.2) is 0 Å². The van der Waals surface area contributed by atoms with E-state index in [1.54, 1.807) is 11.3 Å². The molecule has 0 aliphatic carbocycles. The lowest BCUT2D eigenvalue weighted by Crippen LogP contribution is -2.17. The van der Waals surface area contributed by atoms with E-state index in [0.717, 1.165) is 6.29 Å². The summed E-state index contributed by atoms with van der Waals surface area (Å²) in [6, 6.07) is 2.05. The maximum atomic E-state index is 10.7. The summed E-state index contributed by atoms with van der Waals surface area (Å²) in [5.74, 6) is 0. The number of carbonyl (C=O) groups is 1. The van der Waals surface area contributed by atoms with Gasteiger partial charge in [0.2, 0.25) is 0 Å². The normalized spacial score (nSPS) is 11.5. The predicted octanol–water partition coefficient (Wildman–Crippen LogP) is 2.53. The van der Waals surface area contributed by atoms with Crippen molar-refractivity contribution in [2.45, 2.75) is 26.2 Å². The number of rotatable bonds is 2. The zero-order chi connectivity index (χ0) is 8.48. The molecular formula is C9H12OS. The molecule has 11 heavy (non-hydrogen) atoms. The maximum absolute atomic E-state index is 10.7. The van der Waals surface area contributed by atoms with Crippen molar-refractivity contribution in [1.29, 1.82) is 0 Å². The molecule has 0 amide bonds. The molecule has 1 aromatic rings. The highest BCUT2D eigenvalue weighted by Gasteiger charge is 2.22. The smallest absolute Gasteiger partial charge is 0.130 e. The van der Waals surface area contributed by atoms with E-state index in [0.29, 0.717) is 0 Å². The van der Waals surface area contributed by atoms with Gasteiger partial charge < -0.3 is 4.79 Å². The number of carbonyl (C=O) groups excluding carboxylic acids is 1. The first-order valence-corrected chi connectivity index (χ1v) is 4.47. The van der Waals surface area contributed by atoms with Crippen LogP contribution in [0.5, 0.6) is 0 Å². The van der Waals surface area contributed by atoms with Crippen molar-refractivity contribution >= 4 is 17.6 Å². The van der Waals surface area contributed by atoms with Gasteiger partial charge in [-0.25, -0.2) is 0 Å². The summed E-state index contributed by atoms with van der Waals surface area (Å²) in [6.07, 6.45) is 1.01. The Balaban J connectivity index is 3.10. The molecule has 0 aliphatic heterocycles. The van der Waals surface area contributed by atoms with Gasteiger partial charge in [0, 0.05) is 4.88 Å². The van der Waals surface area contributed by atoms with Crippen LogP contribution in [0.2, 0.25) is 0 Å². The highest BCUT2D eigenvalue weighted by atomic mass is 32.1. The standard InChI is InChI=1S/C9H12OS/c1-7-4-5-11-8(7)9(2,3)6-10/h4-6H,1-3H3. The molecule has 0 saturated heterocycles. The first kappa shape index (κ1) is 8.47. The molecule has 0 radical (unpaired) electrons. The third-order valence-electron chi connectivity index (χ3n) is 1.74. The highest BCUT2D eigenvalue weighted by molar-refractivity contribution is 7.10. The topological polar surface area (TPSA) is 17.1 Å². The van der Waals surface area contributed by atoms with E-state index in [1.807, 2.05) is 32.2 Å². The van der Waals surface area contributed by atoms with Crippen molar-refractivity contribution in [2.75, 3.05) is 0 Å². The Morgan fingerprint density at radius 2 is 2.18 bits per heavy atom. The first-order valence-electron chi connectivity index (χ1n) is 3.59. The molecule has 0 unspecified atom stereocenters. The first-order chi connectivity index (χ1) is 5.08. The second kappa shape index (κ2) is 2.78. The van der Waals surface area contributed by atoms with Gasteiger partial charge in [-0.1, -0.05) is 0 Å². The van der Waals surface area contributed by atoms with Crippen LogP contribution in [-0.2, 0) is 10.2 Å². The van der Waals surface area contributed by atoms with Crippen LogP contribution in [0, 0.1) is 6.92 Å². The molecule has 0 aliphatic rings. The van der Waals surface area contributed by atoms with Crippen LogP contribution in [-0.4, -0.2) is 6.29 Å². The molecule has 0 saturated carbocycles. The van der Waals surface area contributed by atoms with Gasteiger partial charge in [0.1, 0.15) is 6.29 Å². The molecule has 1 rings (SSSR count). The minimum Gasteiger partial charge on any atom is -0.302 e. The summed E-state index contributed by atoms with van der Waals surface area (Å²) in [4.78, 5) is 11.9. The van der Waals surface area contributed by atoms with Crippen LogP contribution >= 0.6 is 11.3 Å². The molecule has 1 nitrogen and oxygen atoms in total. The number of aryl methyl sites for hydroxylation is 1. The Morgan fingerprint density at radius 3 is 2.55 bits per heavy atom.